The molecule has 0 aliphatic heterocycles. The van der Waals surface area contributed by atoms with Crippen molar-refractivity contribution < 1.29 is 9.31 Å². The lowest BCUT2D eigenvalue weighted by atomic mass is 9.86. The number of nitrogens with zero attached hydrogens (tertiary/aromatic N) is 3. The number of aromatic nitrogens is 2. The highest BCUT2D eigenvalue weighted by Crippen LogP contribution is 2.26. The van der Waals surface area contributed by atoms with Gasteiger partial charge in [0.05, 0.1) is 4.92 Å². The molecule has 9 heteroatoms. The van der Waals surface area contributed by atoms with Gasteiger partial charge in [0.1, 0.15) is 12.0 Å². The van der Waals surface area contributed by atoms with Crippen LogP contribution in [0.3, 0.4) is 0 Å². The first-order chi connectivity index (χ1) is 13.4. The molecule has 0 atom stereocenters. The molecule has 0 radical (unpaired) electrons. The van der Waals surface area contributed by atoms with Crippen LogP contribution < -0.4 is 16.4 Å². The maximum Gasteiger partial charge on any atom is 0.329 e. The van der Waals surface area contributed by atoms with E-state index < -0.39 is 4.92 Å². The van der Waals surface area contributed by atoms with Gasteiger partial charge in [-0.3, -0.25) is 10.1 Å². The molecule has 4 N–H and O–H groups in total. The van der Waals surface area contributed by atoms with Gasteiger partial charge in [-0.1, -0.05) is 6.07 Å². The molecule has 1 heterocycles. The van der Waals surface area contributed by atoms with Crippen molar-refractivity contribution in [1.29, 1.82) is 0 Å². The zero-order valence-corrected chi connectivity index (χ0v) is 15.8. The molecule has 0 amide bonds. The molecule has 0 unspecified atom stereocenters. The van der Waals surface area contributed by atoms with Crippen molar-refractivity contribution in [3.8, 4) is 0 Å². The Bertz CT molecular complexity index is 839. The lowest BCUT2D eigenvalue weighted by molar-refractivity contribution is -0.384. The minimum atomic E-state index is -0.500. The maximum absolute atomic E-state index is 13.4. The molecule has 1 fully saturated rings. The fourth-order valence-corrected chi connectivity index (χ4v) is 3.36. The van der Waals surface area contributed by atoms with Crippen LogP contribution in [0.1, 0.15) is 36.8 Å². The number of nitrogens with one attached hydrogen (secondary N) is 2. The first-order valence-electron chi connectivity index (χ1n) is 9.42. The third kappa shape index (κ3) is 5.13. The number of nitro groups is 1. The first-order valence-corrected chi connectivity index (χ1v) is 9.42. The Kier molecular flexibility index (Phi) is 6.35. The minimum Gasteiger partial charge on any atom is -0.364 e. The summed E-state index contributed by atoms with van der Waals surface area (Å²) in [6.07, 6.45) is 5.12. The predicted molar refractivity (Wildman–Crippen MR) is 106 cm³/mol. The zero-order valence-electron chi connectivity index (χ0n) is 15.8. The number of hydrogen-bond donors (Lipinski definition) is 3. The molecule has 0 bridgehead atoms. The normalized spacial score (nSPS) is 19.2. The first kappa shape index (κ1) is 19.9. The number of benzene rings is 1. The molecular formula is C19H25FN6O2. The van der Waals surface area contributed by atoms with E-state index in [0.29, 0.717) is 19.0 Å². The summed E-state index contributed by atoms with van der Waals surface area (Å²) in [7, 11) is 0. The van der Waals surface area contributed by atoms with E-state index in [1.807, 2.05) is 6.92 Å². The van der Waals surface area contributed by atoms with E-state index in [4.69, 9.17) is 5.73 Å². The van der Waals surface area contributed by atoms with E-state index in [9.17, 15) is 14.5 Å². The summed E-state index contributed by atoms with van der Waals surface area (Å²) in [5.41, 5.74) is 7.47. The molecule has 0 saturated heterocycles. The number of hydrogen-bond acceptors (Lipinski definition) is 7. The van der Waals surface area contributed by atoms with Gasteiger partial charge in [0.15, 0.2) is 0 Å². The Morgan fingerprint density at radius 1 is 1.29 bits per heavy atom. The SMILES string of the molecule is Cc1ccc(F)cc1CNc1ncc([N+](=O)[O-])c(NCC2CCC(N)CC2)n1. The van der Waals surface area contributed by atoms with Crippen molar-refractivity contribution in [3.05, 3.63) is 51.5 Å². The molecule has 8 nitrogen and oxygen atoms in total. The summed E-state index contributed by atoms with van der Waals surface area (Å²) in [6.45, 7) is 2.81. The Morgan fingerprint density at radius 3 is 2.75 bits per heavy atom. The predicted octanol–water partition coefficient (Wildman–Crippen LogP) is 3.37. The summed E-state index contributed by atoms with van der Waals surface area (Å²) >= 11 is 0. The molecule has 1 aromatic heterocycles. The van der Waals surface area contributed by atoms with Crippen LogP contribution in [0, 0.1) is 28.8 Å². The zero-order chi connectivity index (χ0) is 20.1. The van der Waals surface area contributed by atoms with Crippen LogP contribution in [0.2, 0.25) is 0 Å². The van der Waals surface area contributed by atoms with E-state index >= 15 is 0 Å². The van der Waals surface area contributed by atoms with Gasteiger partial charge in [0.25, 0.3) is 0 Å². The lowest BCUT2D eigenvalue weighted by Gasteiger charge is -2.26. The van der Waals surface area contributed by atoms with Gasteiger partial charge in [-0.25, -0.2) is 9.37 Å². The third-order valence-corrected chi connectivity index (χ3v) is 5.16. The molecule has 1 aliphatic rings. The van der Waals surface area contributed by atoms with Gasteiger partial charge in [0.2, 0.25) is 11.8 Å². The second-order valence-corrected chi connectivity index (χ2v) is 7.27. The van der Waals surface area contributed by atoms with Crippen LogP contribution >= 0.6 is 0 Å². The van der Waals surface area contributed by atoms with Crippen molar-refractivity contribution in [2.75, 3.05) is 17.2 Å². The van der Waals surface area contributed by atoms with Crippen molar-refractivity contribution in [1.82, 2.24) is 9.97 Å². The minimum absolute atomic E-state index is 0.167. The molecule has 150 valence electrons. The van der Waals surface area contributed by atoms with Crippen molar-refractivity contribution in [2.45, 2.75) is 45.2 Å². The third-order valence-electron chi connectivity index (χ3n) is 5.16. The molecule has 3 rings (SSSR count). The van der Waals surface area contributed by atoms with Gasteiger partial charge in [-0.2, -0.15) is 4.98 Å². The molecule has 28 heavy (non-hydrogen) atoms. The topological polar surface area (TPSA) is 119 Å². The van der Waals surface area contributed by atoms with Crippen LogP contribution in [0.25, 0.3) is 0 Å². The molecule has 0 spiro atoms. The smallest absolute Gasteiger partial charge is 0.329 e. The molecule has 2 aromatic rings. The van der Waals surface area contributed by atoms with E-state index in [-0.39, 0.29) is 29.3 Å². The summed E-state index contributed by atoms with van der Waals surface area (Å²) in [6, 6.07) is 4.81. The highest BCUT2D eigenvalue weighted by Gasteiger charge is 2.21. The van der Waals surface area contributed by atoms with Gasteiger partial charge in [-0.05, 0) is 61.8 Å². The van der Waals surface area contributed by atoms with Crippen LogP contribution in [0.5, 0.6) is 0 Å². The Labute approximate surface area is 162 Å². The summed E-state index contributed by atoms with van der Waals surface area (Å²) in [5, 5.41) is 17.4. The summed E-state index contributed by atoms with van der Waals surface area (Å²) in [5.74, 6) is 0.540. The number of halogens is 1. The van der Waals surface area contributed by atoms with Crippen LogP contribution in [-0.4, -0.2) is 27.5 Å². The lowest BCUT2D eigenvalue weighted by Crippen LogP contribution is -2.29. The standard InChI is InChI=1S/C19H25FN6O2/c1-12-2-5-15(20)8-14(12)10-23-19-24-11-17(26(27)28)18(25-19)22-9-13-3-6-16(21)7-4-13/h2,5,8,11,13,16H,3-4,6-7,9-10,21H2,1H3,(H2,22,23,24,25). The number of nitrogens with two attached hydrogens (primary N) is 1. The molecule has 1 saturated carbocycles. The summed E-state index contributed by atoms with van der Waals surface area (Å²) < 4.78 is 13.4. The fraction of sp³-hybridized carbons (Fsp3) is 0.474. The molecular weight excluding hydrogens is 363 g/mol. The maximum atomic E-state index is 13.4. The Morgan fingerprint density at radius 2 is 2.04 bits per heavy atom. The molecule has 1 aliphatic carbocycles. The molecule has 1 aromatic carbocycles. The number of aryl methyl sites for hydroxylation is 1. The van der Waals surface area contributed by atoms with Gasteiger partial charge >= 0.3 is 5.69 Å². The summed E-state index contributed by atoms with van der Waals surface area (Å²) in [4.78, 5) is 19.1. The van der Waals surface area contributed by atoms with Crippen LogP contribution in [0.15, 0.2) is 24.4 Å². The van der Waals surface area contributed by atoms with E-state index in [1.54, 1.807) is 6.07 Å². The second kappa shape index (κ2) is 8.92. The highest BCUT2D eigenvalue weighted by atomic mass is 19.1. The van der Waals surface area contributed by atoms with Gasteiger partial charge < -0.3 is 16.4 Å². The number of anilines is 2. The van der Waals surface area contributed by atoms with E-state index in [1.165, 1.54) is 18.3 Å². The monoisotopic (exact) mass is 388 g/mol. The van der Waals surface area contributed by atoms with Crippen molar-refractivity contribution in [3.63, 3.8) is 0 Å². The van der Waals surface area contributed by atoms with Crippen molar-refractivity contribution in [2.24, 2.45) is 11.7 Å². The fourth-order valence-electron chi connectivity index (χ4n) is 3.36. The van der Waals surface area contributed by atoms with Gasteiger partial charge in [-0.15, -0.1) is 0 Å². The largest absolute Gasteiger partial charge is 0.364 e. The van der Waals surface area contributed by atoms with Gasteiger partial charge in [0, 0.05) is 19.1 Å². The quantitative estimate of drug-likeness (QED) is 0.491. The van der Waals surface area contributed by atoms with E-state index in [0.717, 1.165) is 36.8 Å². The average molecular weight is 388 g/mol. The van der Waals surface area contributed by atoms with Crippen LogP contribution in [-0.2, 0) is 6.54 Å². The average Bonchev–Trinajstić information content (AvgIpc) is 2.68. The van der Waals surface area contributed by atoms with E-state index in [2.05, 4.69) is 20.6 Å². The van der Waals surface area contributed by atoms with Crippen molar-refractivity contribution >= 4 is 17.5 Å². The second-order valence-electron chi connectivity index (χ2n) is 7.27. The Balaban J connectivity index is 1.68. The van der Waals surface area contributed by atoms with Crippen LogP contribution in [0.4, 0.5) is 21.8 Å². The number of rotatable bonds is 7. The Hall–Kier alpha value is -2.81. The highest BCUT2D eigenvalue weighted by molar-refractivity contribution is 5.57.